The summed E-state index contributed by atoms with van der Waals surface area (Å²) in [5.74, 6) is -0.217. The topological polar surface area (TPSA) is 105 Å². The molecule has 2 aromatic heterocycles. The smallest absolute Gasteiger partial charge is 0.322 e. The minimum atomic E-state index is -3.47. The van der Waals surface area contributed by atoms with E-state index in [1.807, 2.05) is 30.3 Å². The van der Waals surface area contributed by atoms with Crippen LogP contribution < -0.4 is 5.32 Å². The van der Waals surface area contributed by atoms with Crippen LogP contribution in [0.5, 0.6) is 0 Å². The van der Waals surface area contributed by atoms with Crippen LogP contribution >= 0.6 is 11.3 Å². The molecule has 1 saturated heterocycles. The summed E-state index contributed by atoms with van der Waals surface area (Å²) in [6.45, 7) is 0.606. The van der Waals surface area contributed by atoms with Gasteiger partial charge in [0, 0.05) is 24.6 Å². The van der Waals surface area contributed by atoms with E-state index in [0.29, 0.717) is 36.0 Å². The van der Waals surface area contributed by atoms with Crippen molar-refractivity contribution < 1.29 is 17.6 Å². The number of anilines is 1. The van der Waals surface area contributed by atoms with Crippen LogP contribution in [0.4, 0.5) is 6.01 Å². The third-order valence-electron chi connectivity index (χ3n) is 4.59. The summed E-state index contributed by atoms with van der Waals surface area (Å²) in [7, 11) is -3.47. The summed E-state index contributed by atoms with van der Waals surface area (Å²) < 4.78 is 32.4. The van der Waals surface area contributed by atoms with E-state index < -0.39 is 10.0 Å². The number of carbonyl (C=O) groups excluding carboxylic acids is 1. The molecule has 8 nitrogen and oxygen atoms in total. The van der Waals surface area contributed by atoms with Crippen LogP contribution in [0.15, 0.2) is 56.5 Å². The molecule has 0 aliphatic carbocycles. The zero-order valence-corrected chi connectivity index (χ0v) is 16.4. The highest BCUT2D eigenvalue weighted by Crippen LogP contribution is 2.27. The van der Waals surface area contributed by atoms with Crippen LogP contribution in [0.3, 0.4) is 0 Å². The van der Waals surface area contributed by atoms with E-state index in [0.717, 1.165) is 5.56 Å². The Hall–Kier alpha value is -2.56. The molecule has 3 heterocycles. The number of rotatable bonds is 5. The minimum Gasteiger partial charge on any atom is -0.403 e. The summed E-state index contributed by atoms with van der Waals surface area (Å²) >= 11 is 1.20. The Morgan fingerprint density at radius 2 is 1.86 bits per heavy atom. The van der Waals surface area contributed by atoms with Gasteiger partial charge < -0.3 is 4.42 Å². The number of carbonyl (C=O) groups is 1. The first kappa shape index (κ1) is 18.8. The van der Waals surface area contributed by atoms with Gasteiger partial charge in [-0.15, -0.1) is 16.4 Å². The predicted octanol–water partition coefficient (Wildman–Crippen LogP) is 2.84. The standard InChI is InChI=1S/C18H18N4O4S2/c23-16(19-18-21-20-17(26-18)14-5-2-1-3-6-14)13-8-10-22(11-9-13)28(24,25)15-7-4-12-27-15/h1-7,12-13H,8-11H2,(H,19,21,23). The van der Waals surface area contributed by atoms with Crippen molar-refractivity contribution in [2.75, 3.05) is 18.4 Å². The van der Waals surface area contributed by atoms with E-state index in [4.69, 9.17) is 4.42 Å². The first-order chi connectivity index (χ1) is 13.5. The van der Waals surface area contributed by atoms with Crippen molar-refractivity contribution in [1.29, 1.82) is 0 Å². The van der Waals surface area contributed by atoms with Gasteiger partial charge in [0.15, 0.2) is 0 Å². The van der Waals surface area contributed by atoms with Crippen LogP contribution in [0.25, 0.3) is 11.5 Å². The van der Waals surface area contributed by atoms with E-state index in [2.05, 4.69) is 15.5 Å². The Morgan fingerprint density at radius 3 is 2.54 bits per heavy atom. The lowest BCUT2D eigenvalue weighted by Gasteiger charge is -2.29. The van der Waals surface area contributed by atoms with Crippen LogP contribution in [0, 0.1) is 5.92 Å². The molecule has 0 bridgehead atoms. The van der Waals surface area contributed by atoms with Crippen molar-refractivity contribution in [3.05, 3.63) is 47.8 Å². The second-order valence-corrected chi connectivity index (χ2v) is 9.49. The number of benzene rings is 1. The predicted molar refractivity (Wildman–Crippen MR) is 104 cm³/mol. The summed E-state index contributed by atoms with van der Waals surface area (Å²) in [5, 5.41) is 12.2. The molecule has 1 aliphatic heterocycles. The summed E-state index contributed by atoms with van der Waals surface area (Å²) in [6, 6.07) is 12.6. The molecule has 0 unspecified atom stereocenters. The second-order valence-electron chi connectivity index (χ2n) is 6.38. The molecule has 1 aliphatic rings. The van der Waals surface area contributed by atoms with Crippen LogP contribution in [-0.2, 0) is 14.8 Å². The van der Waals surface area contributed by atoms with Gasteiger partial charge in [0.2, 0.25) is 11.8 Å². The number of aromatic nitrogens is 2. The highest BCUT2D eigenvalue weighted by atomic mass is 32.2. The van der Waals surface area contributed by atoms with Crippen molar-refractivity contribution in [3.8, 4) is 11.5 Å². The molecule has 146 valence electrons. The molecule has 0 saturated carbocycles. The molecular weight excluding hydrogens is 400 g/mol. The van der Waals surface area contributed by atoms with Gasteiger partial charge in [0.25, 0.3) is 10.0 Å². The molecule has 0 spiro atoms. The molecule has 0 radical (unpaired) electrons. The number of amides is 1. The third kappa shape index (κ3) is 3.84. The van der Waals surface area contributed by atoms with E-state index in [-0.39, 0.29) is 17.8 Å². The molecule has 1 aromatic carbocycles. The van der Waals surface area contributed by atoms with E-state index in [1.54, 1.807) is 17.5 Å². The van der Waals surface area contributed by atoms with Crippen LogP contribution in [0.1, 0.15) is 12.8 Å². The SMILES string of the molecule is O=C(Nc1nnc(-c2ccccc2)o1)C1CCN(S(=O)(=O)c2cccs2)CC1. The van der Waals surface area contributed by atoms with Crippen molar-refractivity contribution in [1.82, 2.24) is 14.5 Å². The van der Waals surface area contributed by atoms with Gasteiger partial charge in [-0.2, -0.15) is 4.31 Å². The number of thiophene rings is 1. The molecule has 4 rings (SSSR count). The molecule has 28 heavy (non-hydrogen) atoms. The number of nitrogens with zero attached hydrogens (tertiary/aromatic N) is 3. The van der Waals surface area contributed by atoms with Gasteiger partial charge in [-0.3, -0.25) is 10.1 Å². The number of sulfonamides is 1. The fourth-order valence-corrected chi connectivity index (χ4v) is 5.69. The first-order valence-corrected chi connectivity index (χ1v) is 11.1. The van der Waals surface area contributed by atoms with Crippen molar-refractivity contribution in [2.45, 2.75) is 17.1 Å². The maximum atomic E-state index is 12.6. The maximum Gasteiger partial charge on any atom is 0.322 e. The Morgan fingerprint density at radius 1 is 1.11 bits per heavy atom. The van der Waals surface area contributed by atoms with Crippen LogP contribution in [0.2, 0.25) is 0 Å². The Bertz CT molecular complexity index is 1040. The third-order valence-corrected chi connectivity index (χ3v) is 7.86. The summed E-state index contributed by atoms with van der Waals surface area (Å²) in [5.41, 5.74) is 0.766. The lowest BCUT2D eigenvalue weighted by Crippen LogP contribution is -2.41. The number of piperidine rings is 1. The van der Waals surface area contributed by atoms with E-state index in [1.165, 1.54) is 15.6 Å². The van der Waals surface area contributed by atoms with Gasteiger partial charge >= 0.3 is 6.01 Å². The number of nitrogens with one attached hydrogen (secondary N) is 1. The monoisotopic (exact) mass is 418 g/mol. The van der Waals surface area contributed by atoms with Gasteiger partial charge in [0.1, 0.15) is 4.21 Å². The Kier molecular flexibility index (Phi) is 5.25. The van der Waals surface area contributed by atoms with Gasteiger partial charge in [-0.1, -0.05) is 29.4 Å². The highest BCUT2D eigenvalue weighted by Gasteiger charge is 2.33. The minimum absolute atomic E-state index is 0.0393. The lowest BCUT2D eigenvalue weighted by atomic mass is 9.97. The van der Waals surface area contributed by atoms with Gasteiger partial charge in [0.05, 0.1) is 0 Å². The highest BCUT2D eigenvalue weighted by molar-refractivity contribution is 7.91. The van der Waals surface area contributed by atoms with Gasteiger partial charge in [-0.05, 0) is 36.4 Å². The zero-order valence-electron chi connectivity index (χ0n) is 14.8. The fraction of sp³-hybridized carbons (Fsp3) is 0.278. The van der Waals surface area contributed by atoms with Crippen molar-refractivity contribution >= 4 is 33.3 Å². The zero-order chi connectivity index (χ0) is 19.6. The number of hydrogen-bond donors (Lipinski definition) is 1. The molecular formula is C18H18N4O4S2. The summed E-state index contributed by atoms with van der Waals surface area (Å²) in [4.78, 5) is 12.5. The van der Waals surface area contributed by atoms with E-state index in [9.17, 15) is 13.2 Å². The normalized spacial score (nSPS) is 16.1. The largest absolute Gasteiger partial charge is 0.403 e. The number of hydrogen-bond acceptors (Lipinski definition) is 7. The van der Waals surface area contributed by atoms with Crippen molar-refractivity contribution in [2.24, 2.45) is 5.92 Å². The maximum absolute atomic E-state index is 12.6. The Balaban J connectivity index is 1.35. The quantitative estimate of drug-likeness (QED) is 0.683. The van der Waals surface area contributed by atoms with Crippen LogP contribution in [-0.4, -0.2) is 41.9 Å². The average Bonchev–Trinajstić information content (AvgIpc) is 3.41. The first-order valence-electron chi connectivity index (χ1n) is 8.77. The van der Waals surface area contributed by atoms with Gasteiger partial charge in [-0.25, -0.2) is 8.42 Å². The lowest BCUT2D eigenvalue weighted by molar-refractivity contribution is -0.121. The molecule has 10 heteroatoms. The Labute approximate surface area is 166 Å². The molecule has 1 fully saturated rings. The van der Waals surface area contributed by atoms with Crippen molar-refractivity contribution in [3.63, 3.8) is 0 Å². The second kappa shape index (κ2) is 7.82. The average molecular weight is 419 g/mol. The van der Waals surface area contributed by atoms with E-state index >= 15 is 0 Å². The molecule has 1 amide bonds. The molecule has 3 aromatic rings. The molecule has 1 N–H and O–H groups in total. The molecule has 0 atom stereocenters. The summed E-state index contributed by atoms with van der Waals surface area (Å²) in [6.07, 6.45) is 0.881. The fourth-order valence-electron chi connectivity index (χ4n) is 3.07.